The molecule has 0 fully saturated rings. The first kappa shape index (κ1) is 14.7. The zero-order chi connectivity index (χ0) is 14.7. The normalized spacial score (nSPS) is 10.9. The minimum atomic E-state index is -0.245. The molecule has 1 heterocycles. The Morgan fingerprint density at radius 2 is 2.00 bits per heavy atom. The van der Waals surface area contributed by atoms with E-state index in [-0.39, 0.29) is 17.3 Å². The van der Waals surface area contributed by atoms with Gasteiger partial charge in [-0.2, -0.15) is 5.10 Å². The number of hydrazone groups is 1. The van der Waals surface area contributed by atoms with Crippen LogP contribution >= 0.6 is 31.9 Å². The summed E-state index contributed by atoms with van der Waals surface area (Å²) in [5, 5.41) is 13.6. The number of phenolic OH excluding ortho intramolecular Hbond substituents is 1. The molecule has 6 nitrogen and oxygen atoms in total. The van der Waals surface area contributed by atoms with Gasteiger partial charge in [0.05, 0.1) is 15.2 Å². The number of anilines is 1. The minimum Gasteiger partial charge on any atom is -0.506 e. The van der Waals surface area contributed by atoms with E-state index >= 15 is 0 Å². The Morgan fingerprint density at radius 1 is 1.35 bits per heavy atom. The fourth-order valence-electron chi connectivity index (χ4n) is 1.46. The third-order valence-corrected chi connectivity index (χ3v) is 3.50. The molecule has 0 aliphatic carbocycles. The van der Waals surface area contributed by atoms with Crippen LogP contribution in [-0.2, 0) is 0 Å². The predicted octanol–water partition coefficient (Wildman–Crippen LogP) is 2.75. The average molecular weight is 402 g/mol. The summed E-state index contributed by atoms with van der Waals surface area (Å²) in [6, 6.07) is 4.80. The van der Waals surface area contributed by atoms with Gasteiger partial charge in [-0.25, -0.2) is 10.4 Å². The molecule has 104 valence electrons. The highest BCUT2D eigenvalue weighted by atomic mass is 79.9. The number of nitrogens with zero attached hydrogens (tertiary/aromatic N) is 2. The van der Waals surface area contributed by atoms with Gasteiger partial charge in [0, 0.05) is 11.8 Å². The molecule has 0 amide bonds. The third kappa shape index (κ3) is 3.67. The maximum Gasteiger partial charge on any atom is 0.252 e. The number of rotatable bonds is 3. The van der Waals surface area contributed by atoms with Gasteiger partial charge in [0.25, 0.3) is 5.56 Å². The monoisotopic (exact) mass is 400 g/mol. The highest BCUT2D eigenvalue weighted by molar-refractivity contribution is 9.11. The topological polar surface area (TPSA) is 90.4 Å². The number of aromatic nitrogens is 2. The van der Waals surface area contributed by atoms with Crippen LogP contribution in [0.4, 0.5) is 5.95 Å². The number of H-pyrrole nitrogens is 1. The van der Waals surface area contributed by atoms with Crippen molar-refractivity contribution in [2.24, 2.45) is 5.10 Å². The number of nitrogens with one attached hydrogen (secondary N) is 2. The van der Waals surface area contributed by atoms with Crippen LogP contribution in [0.5, 0.6) is 5.75 Å². The zero-order valence-electron chi connectivity index (χ0n) is 10.3. The lowest BCUT2D eigenvalue weighted by molar-refractivity contribution is 0.468. The number of aromatic hydroxyl groups is 1. The Morgan fingerprint density at radius 3 is 2.60 bits per heavy atom. The number of hydrogen-bond donors (Lipinski definition) is 3. The molecule has 2 aromatic rings. The molecule has 20 heavy (non-hydrogen) atoms. The molecule has 0 saturated heterocycles. The van der Waals surface area contributed by atoms with Crippen molar-refractivity contribution in [3.05, 3.63) is 48.8 Å². The first-order valence-electron chi connectivity index (χ1n) is 5.51. The van der Waals surface area contributed by atoms with Crippen LogP contribution in [0.1, 0.15) is 11.3 Å². The first-order chi connectivity index (χ1) is 9.45. The molecule has 8 heteroatoms. The summed E-state index contributed by atoms with van der Waals surface area (Å²) in [4.78, 5) is 17.8. The van der Waals surface area contributed by atoms with E-state index in [4.69, 9.17) is 0 Å². The quantitative estimate of drug-likeness (QED) is 0.544. The molecule has 0 unspecified atom stereocenters. The van der Waals surface area contributed by atoms with Crippen molar-refractivity contribution in [2.45, 2.75) is 6.92 Å². The highest BCUT2D eigenvalue weighted by Gasteiger charge is 2.04. The molecule has 0 aliphatic rings. The van der Waals surface area contributed by atoms with E-state index in [2.05, 4.69) is 52.4 Å². The average Bonchev–Trinajstić information content (AvgIpc) is 2.34. The lowest BCUT2D eigenvalue weighted by Crippen LogP contribution is -2.10. The standard InChI is InChI=1S/C12H10Br2N4O2/c1-6-2-10(19)17-12(16-6)18-15-5-7-3-8(13)11(20)9(14)4-7/h2-5,20H,1H3,(H2,16,17,18,19)/b15-5-. The van der Waals surface area contributed by atoms with E-state index in [0.29, 0.717) is 14.6 Å². The van der Waals surface area contributed by atoms with Crippen LogP contribution < -0.4 is 11.0 Å². The molecular weight excluding hydrogens is 392 g/mol. The SMILES string of the molecule is Cc1cc(=O)[nH]c(N/N=C\c2cc(Br)c(O)c(Br)c2)n1. The molecule has 0 saturated carbocycles. The van der Waals surface area contributed by atoms with Crippen molar-refractivity contribution in [3.8, 4) is 5.75 Å². The van der Waals surface area contributed by atoms with Gasteiger partial charge >= 0.3 is 0 Å². The number of phenols is 1. The molecule has 0 radical (unpaired) electrons. The molecule has 0 bridgehead atoms. The Kier molecular flexibility index (Phi) is 4.56. The van der Waals surface area contributed by atoms with Crippen LogP contribution in [0.15, 0.2) is 37.0 Å². The predicted molar refractivity (Wildman–Crippen MR) is 84.3 cm³/mol. The lowest BCUT2D eigenvalue weighted by Gasteiger charge is -2.02. The van der Waals surface area contributed by atoms with Crippen LogP contribution in [0.2, 0.25) is 0 Å². The number of halogens is 2. The molecule has 1 aromatic carbocycles. The lowest BCUT2D eigenvalue weighted by atomic mass is 10.2. The number of benzene rings is 1. The number of hydrogen-bond acceptors (Lipinski definition) is 5. The molecule has 3 N–H and O–H groups in total. The maximum atomic E-state index is 11.2. The van der Waals surface area contributed by atoms with Crippen LogP contribution in [-0.4, -0.2) is 21.3 Å². The van der Waals surface area contributed by atoms with E-state index in [1.54, 1.807) is 19.1 Å². The van der Waals surface area contributed by atoms with Gasteiger partial charge in [-0.3, -0.25) is 9.78 Å². The van der Waals surface area contributed by atoms with Gasteiger partial charge in [-0.05, 0) is 56.5 Å². The maximum absolute atomic E-state index is 11.2. The van der Waals surface area contributed by atoms with Gasteiger partial charge in [0.1, 0.15) is 5.75 Å². The molecule has 1 aromatic heterocycles. The number of aromatic amines is 1. The summed E-state index contributed by atoms with van der Waals surface area (Å²) in [6.45, 7) is 1.72. The van der Waals surface area contributed by atoms with Crippen molar-refractivity contribution in [3.63, 3.8) is 0 Å². The van der Waals surface area contributed by atoms with E-state index in [0.717, 1.165) is 5.56 Å². The summed E-state index contributed by atoms with van der Waals surface area (Å²) in [7, 11) is 0. The molecule has 0 atom stereocenters. The van der Waals surface area contributed by atoms with Crippen molar-refractivity contribution in [1.29, 1.82) is 0 Å². The second-order valence-corrected chi connectivity index (χ2v) is 5.65. The van der Waals surface area contributed by atoms with E-state index in [1.165, 1.54) is 12.3 Å². The summed E-state index contributed by atoms with van der Waals surface area (Å²) >= 11 is 6.46. The Bertz CT molecular complexity index is 705. The van der Waals surface area contributed by atoms with Crippen molar-refractivity contribution < 1.29 is 5.11 Å². The Hall–Kier alpha value is -1.67. The second-order valence-electron chi connectivity index (χ2n) is 3.94. The van der Waals surface area contributed by atoms with Crippen molar-refractivity contribution in [2.75, 3.05) is 5.43 Å². The Balaban J connectivity index is 2.16. The van der Waals surface area contributed by atoms with Gasteiger partial charge in [0.2, 0.25) is 5.95 Å². The fourth-order valence-corrected chi connectivity index (χ4v) is 2.68. The molecular formula is C12H10Br2N4O2. The van der Waals surface area contributed by atoms with Crippen LogP contribution in [0.3, 0.4) is 0 Å². The van der Waals surface area contributed by atoms with E-state index < -0.39 is 0 Å². The third-order valence-electron chi connectivity index (χ3n) is 2.29. The first-order valence-corrected chi connectivity index (χ1v) is 7.09. The fraction of sp³-hybridized carbons (Fsp3) is 0.0833. The minimum absolute atomic E-state index is 0.125. The van der Waals surface area contributed by atoms with Crippen LogP contribution in [0.25, 0.3) is 0 Å². The van der Waals surface area contributed by atoms with E-state index in [9.17, 15) is 9.90 Å². The zero-order valence-corrected chi connectivity index (χ0v) is 13.5. The molecule has 0 aliphatic heterocycles. The van der Waals surface area contributed by atoms with Gasteiger partial charge in [0.15, 0.2) is 0 Å². The smallest absolute Gasteiger partial charge is 0.252 e. The van der Waals surface area contributed by atoms with Crippen molar-refractivity contribution in [1.82, 2.24) is 9.97 Å². The van der Waals surface area contributed by atoms with Gasteiger partial charge in [-0.15, -0.1) is 0 Å². The highest BCUT2D eigenvalue weighted by Crippen LogP contribution is 2.32. The summed E-state index contributed by atoms with van der Waals surface area (Å²) in [5.41, 5.74) is 3.75. The molecule has 2 rings (SSSR count). The number of aryl methyl sites for hydroxylation is 1. The van der Waals surface area contributed by atoms with Crippen molar-refractivity contribution >= 4 is 44.0 Å². The summed E-state index contributed by atoms with van der Waals surface area (Å²) in [6.07, 6.45) is 1.54. The Labute approximate surface area is 131 Å². The second kappa shape index (κ2) is 6.19. The van der Waals surface area contributed by atoms with E-state index in [1.807, 2.05) is 0 Å². The summed E-state index contributed by atoms with van der Waals surface area (Å²) < 4.78 is 1.10. The largest absolute Gasteiger partial charge is 0.506 e. The summed E-state index contributed by atoms with van der Waals surface area (Å²) in [5.74, 6) is 0.392. The van der Waals surface area contributed by atoms with Gasteiger partial charge < -0.3 is 5.11 Å². The van der Waals surface area contributed by atoms with Gasteiger partial charge in [-0.1, -0.05) is 0 Å². The molecule has 0 spiro atoms. The van der Waals surface area contributed by atoms with Crippen LogP contribution in [0, 0.1) is 6.92 Å².